The second kappa shape index (κ2) is 5.34. The average molecular weight is 310 g/mol. The lowest BCUT2D eigenvalue weighted by molar-refractivity contribution is -0.144. The molecule has 0 aromatic carbocycles. The van der Waals surface area contributed by atoms with E-state index in [-0.39, 0.29) is 0 Å². The van der Waals surface area contributed by atoms with Crippen LogP contribution >= 0.6 is 0 Å². The quantitative estimate of drug-likeness (QED) is 0.325. The van der Waals surface area contributed by atoms with Crippen molar-refractivity contribution in [2.45, 2.75) is 30.2 Å². The van der Waals surface area contributed by atoms with Gasteiger partial charge in [0.15, 0.2) is 5.54 Å². The Hall–Kier alpha value is -1.72. The minimum Gasteiger partial charge on any atom is -0.479 e. The van der Waals surface area contributed by atoms with Crippen LogP contribution in [0, 0.1) is 0 Å². The first-order valence-electron chi connectivity index (χ1n) is 5.45. The van der Waals surface area contributed by atoms with Gasteiger partial charge in [0.1, 0.15) is 11.4 Å². The van der Waals surface area contributed by atoms with Gasteiger partial charge in [-0.15, -0.1) is 0 Å². The van der Waals surface area contributed by atoms with E-state index in [2.05, 4.69) is 5.32 Å². The SMILES string of the molecule is CC(=O)NCC(O)C(=O)NC1(C(=O)O)CC1S(=O)(=O)O. The monoisotopic (exact) mass is 310 g/mol. The van der Waals surface area contributed by atoms with E-state index < -0.39 is 57.8 Å². The highest BCUT2D eigenvalue weighted by molar-refractivity contribution is 7.86. The van der Waals surface area contributed by atoms with Gasteiger partial charge in [-0.25, -0.2) is 4.79 Å². The highest BCUT2D eigenvalue weighted by Gasteiger charge is 2.68. The van der Waals surface area contributed by atoms with Crippen LogP contribution in [0.4, 0.5) is 0 Å². The predicted molar refractivity (Wildman–Crippen MR) is 63.2 cm³/mol. The molecule has 0 saturated heterocycles. The van der Waals surface area contributed by atoms with E-state index in [9.17, 15) is 27.9 Å². The van der Waals surface area contributed by atoms with Crippen LogP contribution in [0.25, 0.3) is 0 Å². The van der Waals surface area contributed by atoms with Gasteiger partial charge in [0, 0.05) is 13.3 Å². The molecule has 1 fully saturated rings. The summed E-state index contributed by atoms with van der Waals surface area (Å²) in [5.41, 5.74) is -2.15. The molecule has 3 unspecified atom stereocenters. The predicted octanol–water partition coefficient (Wildman–Crippen LogP) is -2.92. The van der Waals surface area contributed by atoms with E-state index in [1.807, 2.05) is 5.32 Å². The Morgan fingerprint density at radius 1 is 1.40 bits per heavy atom. The van der Waals surface area contributed by atoms with Crippen molar-refractivity contribution in [2.75, 3.05) is 6.54 Å². The summed E-state index contributed by atoms with van der Waals surface area (Å²) in [5, 5.41) is 20.7. The number of hydrogen-bond acceptors (Lipinski definition) is 6. The molecule has 5 N–H and O–H groups in total. The van der Waals surface area contributed by atoms with E-state index in [1.165, 1.54) is 0 Å². The highest BCUT2D eigenvalue weighted by Crippen LogP contribution is 2.41. The van der Waals surface area contributed by atoms with Crippen molar-refractivity contribution in [1.82, 2.24) is 10.6 Å². The zero-order valence-electron chi connectivity index (χ0n) is 10.4. The minimum atomic E-state index is -4.63. The van der Waals surface area contributed by atoms with Crippen molar-refractivity contribution in [3.8, 4) is 0 Å². The van der Waals surface area contributed by atoms with Crippen LogP contribution in [0.1, 0.15) is 13.3 Å². The standard InChI is InChI=1S/C9H14N2O8S/c1-4(12)10-3-5(13)7(14)11-9(8(15)16)2-6(9)20(17,18)19/h5-6,13H,2-3H2,1H3,(H,10,12)(H,11,14)(H,15,16)(H,17,18,19). The third kappa shape index (κ3) is 3.43. The Balaban J connectivity index is 2.73. The summed E-state index contributed by atoms with van der Waals surface area (Å²) in [4.78, 5) is 33.2. The van der Waals surface area contributed by atoms with Crippen LogP contribution < -0.4 is 10.6 Å². The van der Waals surface area contributed by atoms with E-state index in [0.29, 0.717) is 0 Å². The van der Waals surface area contributed by atoms with Gasteiger partial charge in [-0.05, 0) is 0 Å². The maximum atomic E-state index is 11.5. The molecule has 0 radical (unpaired) electrons. The third-order valence-corrected chi connectivity index (χ3v) is 4.12. The Morgan fingerprint density at radius 3 is 2.30 bits per heavy atom. The molecule has 114 valence electrons. The molecule has 0 heterocycles. The van der Waals surface area contributed by atoms with E-state index in [4.69, 9.17) is 9.66 Å². The number of aliphatic hydroxyl groups is 1. The summed E-state index contributed by atoms with van der Waals surface area (Å²) in [6.07, 6.45) is -2.24. The molecular weight excluding hydrogens is 296 g/mol. The van der Waals surface area contributed by atoms with Crippen LogP contribution in [-0.2, 0) is 24.5 Å². The number of aliphatic carboxylic acids is 1. The average Bonchev–Trinajstić information content (AvgIpc) is 3.01. The molecule has 0 bridgehead atoms. The number of carboxylic acids is 1. The largest absolute Gasteiger partial charge is 0.479 e. The lowest BCUT2D eigenvalue weighted by atomic mass is 10.2. The first-order valence-corrected chi connectivity index (χ1v) is 6.95. The lowest BCUT2D eigenvalue weighted by Crippen LogP contribution is -2.52. The van der Waals surface area contributed by atoms with Crippen molar-refractivity contribution in [2.24, 2.45) is 0 Å². The lowest BCUT2D eigenvalue weighted by Gasteiger charge is -2.17. The van der Waals surface area contributed by atoms with Gasteiger partial charge in [-0.2, -0.15) is 8.42 Å². The van der Waals surface area contributed by atoms with Gasteiger partial charge in [-0.3, -0.25) is 14.1 Å². The summed E-state index contributed by atoms with van der Waals surface area (Å²) >= 11 is 0. The van der Waals surface area contributed by atoms with Gasteiger partial charge in [0.25, 0.3) is 16.0 Å². The smallest absolute Gasteiger partial charge is 0.330 e. The molecular formula is C9H14N2O8S. The van der Waals surface area contributed by atoms with Gasteiger partial charge < -0.3 is 20.8 Å². The summed E-state index contributed by atoms with van der Waals surface area (Å²) in [6.45, 7) is 0.700. The molecule has 0 aromatic heterocycles. The van der Waals surface area contributed by atoms with Gasteiger partial charge in [0.05, 0.1) is 6.54 Å². The second-order valence-electron chi connectivity index (χ2n) is 4.43. The second-order valence-corrected chi connectivity index (χ2v) is 6.03. The zero-order chi connectivity index (χ0) is 15.7. The minimum absolute atomic E-state index is 0.451. The van der Waals surface area contributed by atoms with Gasteiger partial charge >= 0.3 is 5.97 Å². The first-order chi connectivity index (χ1) is 9.00. The molecule has 0 aromatic rings. The maximum absolute atomic E-state index is 11.5. The zero-order valence-corrected chi connectivity index (χ0v) is 11.2. The molecule has 11 heteroatoms. The molecule has 10 nitrogen and oxygen atoms in total. The molecule has 0 spiro atoms. The van der Waals surface area contributed by atoms with Crippen LogP contribution in [0.3, 0.4) is 0 Å². The number of hydrogen-bond donors (Lipinski definition) is 5. The Morgan fingerprint density at radius 2 is 1.95 bits per heavy atom. The molecule has 1 aliphatic rings. The number of carboxylic acid groups (broad SMARTS) is 1. The highest BCUT2D eigenvalue weighted by atomic mass is 32.2. The fourth-order valence-corrected chi connectivity index (χ4v) is 2.78. The van der Waals surface area contributed by atoms with Crippen LogP contribution in [0.15, 0.2) is 0 Å². The molecule has 1 aliphatic carbocycles. The van der Waals surface area contributed by atoms with Crippen molar-refractivity contribution in [3.05, 3.63) is 0 Å². The molecule has 20 heavy (non-hydrogen) atoms. The van der Waals surface area contributed by atoms with Gasteiger partial charge in [0.2, 0.25) is 5.91 Å². The van der Waals surface area contributed by atoms with E-state index >= 15 is 0 Å². The topological polar surface area (TPSA) is 170 Å². The van der Waals surface area contributed by atoms with Crippen LogP contribution in [-0.4, -0.2) is 64.4 Å². The Labute approximate surface area is 113 Å². The molecule has 1 rings (SSSR count). The molecule has 0 aliphatic heterocycles. The number of amides is 2. The van der Waals surface area contributed by atoms with Crippen molar-refractivity contribution in [3.63, 3.8) is 0 Å². The van der Waals surface area contributed by atoms with Crippen molar-refractivity contribution in [1.29, 1.82) is 0 Å². The van der Waals surface area contributed by atoms with E-state index in [1.54, 1.807) is 0 Å². The number of aliphatic hydroxyl groups excluding tert-OH is 1. The molecule has 3 atom stereocenters. The summed E-state index contributed by atoms with van der Waals surface area (Å²) in [5.74, 6) is -3.31. The number of nitrogens with one attached hydrogen (secondary N) is 2. The first kappa shape index (κ1) is 16.3. The van der Waals surface area contributed by atoms with Crippen LogP contribution in [0.5, 0.6) is 0 Å². The number of rotatable bonds is 6. The summed E-state index contributed by atoms with van der Waals surface area (Å²) < 4.78 is 30.6. The maximum Gasteiger partial charge on any atom is 0.330 e. The van der Waals surface area contributed by atoms with Crippen molar-refractivity contribution < 1.29 is 37.6 Å². The summed E-state index contributed by atoms with van der Waals surface area (Å²) in [7, 11) is -4.63. The Bertz CT molecular complexity index is 544. The van der Waals surface area contributed by atoms with Crippen molar-refractivity contribution >= 4 is 27.9 Å². The fourth-order valence-electron chi connectivity index (χ4n) is 1.64. The number of carbonyl (C=O) groups is 3. The molecule has 2 amide bonds. The normalized spacial score (nSPS) is 26.4. The van der Waals surface area contributed by atoms with Crippen LogP contribution in [0.2, 0.25) is 0 Å². The number of carbonyl (C=O) groups excluding carboxylic acids is 2. The molecule has 1 saturated carbocycles. The van der Waals surface area contributed by atoms with E-state index in [0.717, 1.165) is 6.92 Å². The third-order valence-electron chi connectivity index (χ3n) is 2.83. The fraction of sp³-hybridized carbons (Fsp3) is 0.667. The van der Waals surface area contributed by atoms with Gasteiger partial charge in [-0.1, -0.05) is 0 Å². The Kier molecular flexibility index (Phi) is 4.36. The summed E-state index contributed by atoms with van der Waals surface area (Å²) in [6, 6.07) is 0.